The number of rotatable bonds is 5. The Balaban J connectivity index is 0.00000288. The Morgan fingerprint density at radius 3 is 2.00 bits per heavy atom. The number of likely N-dealkylation sites (tertiary alicyclic amines) is 2. The molecule has 2 aliphatic heterocycles. The predicted octanol–water partition coefficient (Wildman–Crippen LogP) is 1.97. The van der Waals surface area contributed by atoms with Crippen LogP contribution >= 0.6 is 12.4 Å². The molecule has 0 atom stereocenters. The van der Waals surface area contributed by atoms with E-state index < -0.39 is 0 Å². The monoisotopic (exact) mass is 360 g/mol. The highest BCUT2D eigenvalue weighted by molar-refractivity contribution is 5.85. The minimum Gasteiger partial charge on any atom is -0.349 e. The van der Waals surface area contributed by atoms with Crippen molar-refractivity contribution in [2.75, 3.05) is 32.7 Å². The minimum absolute atomic E-state index is 0. The van der Waals surface area contributed by atoms with E-state index in [0.717, 1.165) is 51.6 Å². The number of urea groups is 1. The lowest BCUT2D eigenvalue weighted by Crippen LogP contribution is -2.55. The molecule has 2 heterocycles. The highest BCUT2D eigenvalue weighted by atomic mass is 35.5. The van der Waals surface area contributed by atoms with Crippen LogP contribution in [0.5, 0.6) is 0 Å². The van der Waals surface area contributed by atoms with Gasteiger partial charge >= 0.3 is 6.03 Å². The van der Waals surface area contributed by atoms with Crippen molar-refractivity contribution in [3.05, 3.63) is 0 Å². The number of hydrogen-bond acceptors (Lipinski definition) is 3. The molecule has 140 valence electrons. The number of nitrogens with two attached hydrogens (primary N) is 1. The largest absolute Gasteiger partial charge is 0.349 e. The Morgan fingerprint density at radius 1 is 1.04 bits per heavy atom. The molecule has 0 aromatic heterocycles. The van der Waals surface area contributed by atoms with Crippen molar-refractivity contribution in [2.24, 2.45) is 11.7 Å². The first kappa shape index (κ1) is 21.0. The summed E-state index contributed by atoms with van der Waals surface area (Å²) in [7, 11) is 0. The topological polar surface area (TPSA) is 78.7 Å². The summed E-state index contributed by atoms with van der Waals surface area (Å²) >= 11 is 0. The van der Waals surface area contributed by atoms with Gasteiger partial charge in [-0.05, 0) is 38.5 Å². The number of carbonyl (C=O) groups is 2. The predicted molar refractivity (Wildman–Crippen MR) is 98.3 cm³/mol. The molecular weight excluding hydrogens is 328 g/mol. The Kier molecular flexibility index (Phi) is 8.30. The van der Waals surface area contributed by atoms with Gasteiger partial charge in [-0.3, -0.25) is 4.79 Å². The van der Waals surface area contributed by atoms with Crippen LogP contribution in [-0.4, -0.2) is 60.0 Å². The van der Waals surface area contributed by atoms with Gasteiger partial charge in [-0.2, -0.15) is 0 Å². The average molecular weight is 361 g/mol. The van der Waals surface area contributed by atoms with Gasteiger partial charge in [0.15, 0.2) is 0 Å². The fraction of sp³-hybridized carbons (Fsp3) is 0.882. The Labute approximate surface area is 151 Å². The van der Waals surface area contributed by atoms with E-state index in [0.29, 0.717) is 19.6 Å². The van der Waals surface area contributed by atoms with E-state index >= 15 is 0 Å². The summed E-state index contributed by atoms with van der Waals surface area (Å²) in [5.41, 5.74) is 5.59. The van der Waals surface area contributed by atoms with Crippen molar-refractivity contribution in [1.82, 2.24) is 15.1 Å². The maximum absolute atomic E-state index is 12.5. The molecule has 0 aliphatic carbocycles. The van der Waals surface area contributed by atoms with Crippen LogP contribution in [0.1, 0.15) is 52.4 Å². The Morgan fingerprint density at radius 2 is 1.54 bits per heavy atom. The summed E-state index contributed by atoms with van der Waals surface area (Å²) in [5.74, 6) is 0.106. The highest BCUT2D eigenvalue weighted by Gasteiger charge is 2.33. The van der Waals surface area contributed by atoms with E-state index in [4.69, 9.17) is 5.73 Å². The molecule has 0 aromatic carbocycles. The standard InChI is InChI=1S/C17H32N4O2.ClH/c1-3-17(4-2,13-18)19-15(22)14-7-11-21(12-8-14)16(23)20-9-5-6-10-20;/h14H,3-13,18H2,1-2H3,(H,19,22);1H. The summed E-state index contributed by atoms with van der Waals surface area (Å²) in [6.45, 7) is 7.72. The summed E-state index contributed by atoms with van der Waals surface area (Å²) in [6.07, 6.45) is 5.41. The molecular formula is C17H33ClN4O2. The normalized spacial score (nSPS) is 19.1. The van der Waals surface area contributed by atoms with Crippen LogP contribution in [0.15, 0.2) is 0 Å². The summed E-state index contributed by atoms with van der Waals surface area (Å²) in [6, 6.07) is 0.153. The molecule has 7 heteroatoms. The van der Waals surface area contributed by atoms with E-state index in [-0.39, 0.29) is 35.8 Å². The fourth-order valence-electron chi connectivity index (χ4n) is 3.57. The van der Waals surface area contributed by atoms with Gasteiger partial charge in [-0.25, -0.2) is 4.79 Å². The second-order valence-electron chi connectivity index (χ2n) is 6.92. The van der Waals surface area contributed by atoms with Gasteiger partial charge in [0.1, 0.15) is 0 Å². The quantitative estimate of drug-likeness (QED) is 0.786. The molecule has 0 radical (unpaired) electrons. The molecule has 0 spiro atoms. The summed E-state index contributed by atoms with van der Waals surface area (Å²) in [4.78, 5) is 28.8. The SMILES string of the molecule is CCC(CC)(CN)NC(=O)C1CCN(C(=O)N2CCCC2)CC1.Cl. The van der Waals surface area contributed by atoms with E-state index in [1.807, 2.05) is 9.80 Å². The minimum atomic E-state index is -0.278. The smallest absolute Gasteiger partial charge is 0.319 e. The summed E-state index contributed by atoms with van der Waals surface area (Å²) < 4.78 is 0. The number of amides is 3. The van der Waals surface area contributed by atoms with Crippen LogP contribution in [0, 0.1) is 5.92 Å². The number of nitrogens with zero attached hydrogens (tertiary/aromatic N) is 2. The number of hydrogen-bond donors (Lipinski definition) is 2. The summed E-state index contributed by atoms with van der Waals surface area (Å²) in [5, 5.41) is 3.17. The van der Waals surface area contributed by atoms with Crippen LogP contribution in [-0.2, 0) is 4.79 Å². The molecule has 0 aromatic rings. The molecule has 24 heavy (non-hydrogen) atoms. The van der Waals surface area contributed by atoms with Crippen LogP contribution in [0.3, 0.4) is 0 Å². The zero-order chi connectivity index (χ0) is 16.9. The Bertz CT molecular complexity index is 407. The van der Waals surface area contributed by atoms with Gasteiger partial charge < -0.3 is 20.9 Å². The van der Waals surface area contributed by atoms with Gasteiger partial charge in [-0.15, -0.1) is 12.4 Å². The van der Waals surface area contributed by atoms with Crippen LogP contribution in [0.25, 0.3) is 0 Å². The first-order valence-electron chi connectivity index (χ1n) is 9.11. The second kappa shape index (κ2) is 9.47. The van der Waals surface area contributed by atoms with Crippen LogP contribution in [0.4, 0.5) is 4.79 Å². The number of nitrogens with one attached hydrogen (secondary N) is 1. The maximum Gasteiger partial charge on any atom is 0.319 e. The zero-order valence-corrected chi connectivity index (χ0v) is 15.9. The highest BCUT2D eigenvalue weighted by Crippen LogP contribution is 2.22. The lowest BCUT2D eigenvalue weighted by Gasteiger charge is -2.37. The van der Waals surface area contributed by atoms with Gasteiger partial charge in [0.05, 0.1) is 5.54 Å². The van der Waals surface area contributed by atoms with Crippen molar-refractivity contribution in [3.63, 3.8) is 0 Å². The molecule has 0 unspecified atom stereocenters. The zero-order valence-electron chi connectivity index (χ0n) is 15.1. The molecule has 6 nitrogen and oxygen atoms in total. The fourth-order valence-corrected chi connectivity index (χ4v) is 3.57. The molecule has 2 rings (SSSR count). The Hall–Kier alpha value is -1.01. The van der Waals surface area contributed by atoms with E-state index in [9.17, 15) is 9.59 Å². The van der Waals surface area contributed by atoms with Crippen molar-refractivity contribution in [3.8, 4) is 0 Å². The lowest BCUT2D eigenvalue weighted by molar-refractivity contribution is -0.128. The first-order chi connectivity index (χ1) is 11.0. The van der Waals surface area contributed by atoms with E-state index in [2.05, 4.69) is 19.2 Å². The van der Waals surface area contributed by atoms with Gasteiger partial charge in [0.2, 0.25) is 5.91 Å². The third kappa shape index (κ3) is 4.76. The van der Waals surface area contributed by atoms with Crippen LogP contribution < -0.4 is 11.1 Å². The first-order valence-corrected chi connectivity index (χ1v) is 9.11. The molecule has 2 fully saturated rings. The number of piperidine rings is 1. The number of halogens is 1. The van der Waals surface area contributed by atoms with Gasteiger partial charge in [0.25, 0.3) is 0 Å². The maximum atomic E-state index is 12.5. The van der Waals surface area contributed by atoms with Crippen molar-refractivity contribution in [1.29, 1.82) is 0 Å². The third-order valence-electron chi connectivity index (χ3n) is 5.65. The lowest BCUT2D eigenvalue weighted by atomic mass is 9.89. The molecule has 2 saturated heterocycles. The van der Waals surface area contributed by atoms with E-state index in [1.54, 1.807) is 0 Å². The van der Waals surface area contributed by atoms with Crippen molar-refractivity contribution >= 4 is 24.3 Å². The average Bonchev–Trinajstić information content (AvgIpc) is 3.14. The van der Waals surface area contributed by atoms with Crippen molar-refractivity contribution < 1.29 is 9.59 Å². The molecule has 0 bridgehead atoms. The molecule has 2 aliphatic rings. The van der Waals surface area contributed by atoms with Gasteiger partial charge in [-0.1, -0.05) is 13.8 Å². The molecule has 0 saturated carbocycles. The molecule has 3 N–H and O–H groups in total. The van der Waals surface area contributed by atoms with Gasteiger partial charge in [0, 0.05) is 38.6 Å². The van der Waals surface area contributed by atoms with Crippen LogP contribution in [0.2, 0.25) is 0 Å². The second-order valence-corrected chi connectivity index (χ2v) is 6.92. The van der Waals surface area contributed by atoms with E-state index in [1.165, 1.54) is 0 Å². The number of carbonyl (C=O) groups excluding carboxylic acids is 2. The van der Waals surface area contributed by atoms with Crippen molar-refractivity contribution in [2.45, 2.75) is 57.9 Å². The molecule has 3 amide bonds. The third-order valence-corrected chi connectivity index (χ3v) is 5.65.